The summed E-state index contributed by atoms with van der Waals surface area (Å²) in [6.07, 6.45) is 7.06. The van der Waals surface area contributed by atoms with Gasteiger partial charge in [-0.1, -0.05) is 60.7 Å². The lowest BCUT2D eigenvalue weighted by Gasteiger charge is -2.33. The van der Waals surface area contributed by atoms with Gasteiger partial charge < -0.3 is 9.64 Å². The standard InChI is InChI=1S/C50H31N9O/c1-3-22-47-45(19-1)59(46-20-2-4-23-48(46)60-47)44-21-13-14-33-34(44)28-32(49-55-40(36-15-5-9-24-51-36)30-41(56-49)37-16-6-10-25-52-37)29-35(33)50-57-42(38-17-7-11-26-53-38)31-43(58-50)39-18-8-12-27-54-39/h1-31H. The van der Waals surface area contributed by atoms with Crippen molar-refractivity contribution in [2.75, 3.05) is 4.90 Å². The fraction of sp³-hybridized carbons (Fsp3) is 0. The second-order valence-corrected chi connectivity index (χ2v) is 14.1. The molecule has 1 aliphatic heterocycles. The molecule has 0 bridgehead atoms. The molecule has 0 fully saturated rings. The molecule has 0 unspecified atom stereocenters. The van der Waals surface area contributed by atoms with Crippen molar-refractivity contribution in [1.82, 2.24) is 39.9 Å². The summed E-state index contributed by atoms with van der Waals surface area (Å²) >= 11 is 0. The van der Waals surface area contributed by atoms with Gasteiger partial charge in [0.05, 0.1) is 62.6 Å². The Morgan fingerprint density at radius 1 is 0.333 bits per heavy atom. The van der Waals surface area contributed by atoms with Gasteiger partial charge in [0.25, 0.3) is 0 Å². The largest absolute Gasteiger partial charge is 0.453 e. The number of hydrogen-bond donors (Lipinski definition) is 0. The van der Waals surface area contributed by atoms with E-state index in [1.54, 1.807) is 24.8 Å². The van der Waals surface area contributed by atoms with E-state index in [-0.39, 0.29) is 0 Å². The van der Waals surface area contributed by atoms with E-state index in [2.05, 4.69) is 67.3 Å². The van der Waals surface area contributed by atoms with Crippen LogP contribution in [0.15, 0.2) is 189 Å². The Balaban J connectivity index is 1.22. The topological polar surface area (TPSA) is 116 Å². The fourth-order valence-corrected chi connectivity index (χ4v) is 7.57. The van der Waals surface area contributed by atoms with Crippen LogP contribution in [-0.2, 0) is 0 Å². The van der Waals surface area contributed by atoms with Gasteiger partial charge in [0.15, 0.2) is 23.1 Å². The fourth-order valence-electron chi connectivity index (χ4n) is 7.57. The second-order valence-electron chi connectivity index (χ2n) is 14.1. The number of fused-ring (bicyclic) bond motifs is 3. The van der Waals surface area contributed by atoms with Crippen LogP contribution in [-0.4, -0.2) is 39.9 Å². The van der Waals surface area contributed by atoms with Gasteiger partial charge >= 0.3 is 0 Å². The van der Waals surface area contributed by atoms with Crippen molar-refractivity contribution in [2.24, 2.45) is 0 Å². The Hall–Kier alpha value is -8.50. The van der Waals surface area contributed by atoms with Crippen LogP contribution in [0.3, 0.4) is 0 Å². The molecule has 10 aromatic rings. The van der Waals surface area contributed by atoms with Gasteiger partial charge in [-0.05, 0) is 109 Å². The third kappa shape index (κ3) is 6.34. The van der Waals surface area contributed by atoms with Gasteiger partial charge in [0.1, 0.15) is 0 Å². The lowest BCUT2D eigenvalue weighted by Crippen LogP contribution is -2.16. The number of aromatic nitrogens is 8. The van der Waals surface area contributed by atoms with Crippen LogP contribution < -0.4 is 9.64 Å². The molecule has 10 nitrogen and oxygen atoms in total. The van der Waals surface area contributed by atoms with Gasteiger partial charge in [0.2, 0.25) is 0 Å². The SMILES string of the molecule is c1ccc(-c2cc(-c3ccccn3)nc(-c3cc(-c4nc(-c5ccccn5)cc(-c5ccccn5)n4)c4cccc(N5c6ccccc6Oc6ccccc65)c4c3)n2)nc1. The molecular weight excluding hydrogens is 743 g/mol. The van der Waals surface area contributed by atoms with E-state index in [1.165, 1.54) is 0 Å². The molecule has 7 heterocycles. The highest BCUT2D eigenvalue weighted by molar-refractivity contribution is 6.08. The molecular formula is C50H31N9O. The molecule has 0 amide bonds. The summed E-state index contributed by atoms with van der Waals surface area (Å²) in [5.41, 5.74) is 9.80. The maximum atomic E-state index is 6.44. The van der Waals surface area contributed by atoms with Crippen molar-refractivity contribution >= 4 is 27.8 Å². The molecule has 0 saturated carbocycles. The molecule has 0 atom stereocenters. The Labute approximate surface area is 344 Å². The van der Waals surface area contributed by atoms with Crippen molar-refractivity contribution in [3.05, 3.63) is 189 Å². The zero-order valence-electron chi connectivity index (χ0n) is 31.8. The minimum Gasteiger partial charge on any atom is -0.453 e. The summed E-state index contributed by atoms with van der Waals surface area (Å²) in [5, 5.41) is 1.85. The van der Waals surface area contributed by atoms with Gasteiger partial charge in [0, 0.05) is 41.3 Å². The first kappa shape index (κ1) is 34.7. The molecule has 0 spiro atoms. The van der Waals surface area contributed by atoms with Crippen LogP contribution in [0.1, 0.15) is 0 Å². The Morgan fingerprint density at radius 2 is 0.767 bits per heavy atom. The number of ether oxygens (including phenoxy) is 1. The van der Waals surface area contributed by atoms with E-state index in [0.29, 0.717) is 57.2 Å². The summed E-state index contributed by atoms with van der Waals surface area (Å²) in [7, 11) is 0. The number of rotatable bonds is 7. The van der Waals surface area contributed by atoms with Crippen molar-refractivity contribution in [1.29, 1.82) is 0 Å². The summed E-state index contributed by atoms with van der Waals surface area (Å²) in [6.45, 7) is 0. The number of para-hydroxylation sites is 4. The van der Waals surface area contributed by atoms with E-state index in [1.807, 2.05) is 121 Å². The zero-order valence-corrected chi connectivity index (χ0v) is 31.8. The summed E-state index contributed by atoms with van der Waals surface area (Å²) < 4.78 is 6.44. The molecule has 11 rings (SSSR count). The average Bonchev–Trinajstić information content (AvgIpc) is 3.33. The minimum atomic E-state index is 0.491. The third-order valence-corrected chi connectivity index (χ3v) is 10.3. The molecule has 1 aliphatic rings. The number of hydrogen-bond acceptors (Lipinski definition) is 10. The summed E-state index contributed by atoms with van der Waals surface area (Å²) in [6, 6.07) is 53.7. The first-order valence-corrected chi connectivity index (χ1v) is 19.4. The van der Waals surface area contributed by atoms with E-state index >= 15 is 0 Å². The van der Waals surface area contributed by atoms with Crippen LogP contribution in [0.2, 0.25) is 0 Å². The van der Waals surface area contributed by atoms with Crippen LogP contribution in [0.5, 0.6) is 11.5 Å². The molecule has 6 aromatic heterocycles. The van der Waals surface area contributed by atoms with Crippen LogP contribution >= 0.6 is 0 Å². The normalized spacial score (nSPS) is 11.8. The molecule has 0 radical (unpaired) electrons. The van der Waals surface area contributed by atoms with Crippen molar-refractivity contribution in [3.8, 4) is 79.8 Å². The number of benzene rings is 4. The third-order valence-electron chi connectivity index (χ3n) is 10.3. The van der Waals surface area contributed by atoms with Crippen molar-refractivity contribution < 1.29 is 4.74 Å². The Morgan fingerprint density at radius 3 is 1.23 bits per heavy atom. The first-order chi connectivity index (χ1) is 29.7. The number of pyridine rings is 4. The van der Waals surface area contributed by atoms with Gasteiger partial charge in [-0.2, -0.15) is 0 Å². The van der Waals surface area contributed by atoms with Crippen LogP contribution in [0, 0.1) is 0 Å². The lowest BCUT2D eigenvalue weighted by atomic mass is 9.96. The van der Waals surface area contributed by atoms with E-state index in [4.69, 9.17) is 24.7 Å². The second kappa shape index (κ2) is 14.8. The number of nitrogens with zero attached hydrogens (tertiary/aromatic N) is 9. The van der Waals surface area contributed by atoms with Crippen LogP contribution in [0.25, 0.3) is 79.1 Å². The van der Waals surface area contributed by atoms with Gasteiger partial charge in [-0.3, -0.25) is 19.9 Å². The Kier molecular flexibility index (Phi) is 8.55. The molecule has 0 N–H and O–H groups in total. The monoisotopic (exact) mass is 773 g/mol. The predicted octanol–water partition coefficient (Wildman–Crippen LogP) is 11.6. The molecule has 0 saturated heterocycles. The quantitative estimate of drug-likeness (QED) is 0.155. The first-order valence-electron chi connectivity index (χ1n) is 19.4. The minimum absolute atomic E-state index is 0.491. The van der Waals surface area contributed by atoms with Gasteiger partial charge in [-0.25, -0.2) is 19.9 Å². The summed E-state index contributed by atoms with van der Waals surface area (Å²) in [5.74, 6) is 2.49. The van der Waals surface area contributed by atoms with Crippen molar-refractivity contribution in [2.45, 2.75) is 0 Å². The van der Waals surface area contributed by atoms with E-state index in [9.17, 15) is 0 Å². The highest BCUT2D eigenvalue weighted by atomic mass is 16.5. The predicted molar refractivity (Wildman–Crippen MR) is 234 cm³/mol. The van der Waals surface area contributed by atoms with Crippen LogP contribution in [0.4, 0.5) is 17.1 Å². The molecule has 60 heavy (non-hydrogen) atoms. The summed E-state index contributed by atoms with van der Waals surface area (Å²) in [4.78, 5) is 41.8. The maximum Gasteiger partial charge on any atom is 0.161 e. The van der Waals surface area contributed by atoms with E-state index in [0.717, 1.165) is 50.5 Å². The van der Waals surface area contributed by atoms with E-state index < -0.39 is 0 Å². The zero-order chi connectivity index (χ0) is 39.8. The molecule has 282 valence electrons. The van der Waals surface area contributed by atoms with Gasteiger partial charge in [-0.15, -0.1) is 0 Å². The average molecular weight is 774 g/mol. The molecule has 4 aromatic carbocycles. The smallest absolute Gasteiger partial charge is 0.161 e. The maximum absolute atomic E-state index is 6.44. The molecule has 0 aliphatic carbocycles. The lowest BCUT2D eigenvalue weighted by molar-refractivity contribution is 0.477. The van der Waals surface area contributed by atoms with Crippen molar-refractivity contribution in [3.63, 3.8) is 0 Å². The highest BCUT2D eigenvalue weighted by Gasteiger charge is 2.28. The number of anilines is 3. The highest BCUT2D eigenvalue weighted by Crippen LogP contribution is 2.52. The molecule has 10 heteroatoms. The Bertz CT molecular complexity index is 3030.